The highest BCUT2D eigenvalue weighted by molar-refractivity contribution is 4.93. The standard InChI is InChI=1S/C11H21N3/c1-5-10-13-6-7-14(10)8-9(12)11(2,3)4/h6-7,9H,5,8,12H2,1-4H3. The molecule has 0 aliphatic carbocycles. The number of hydrogen-bond acceptors (Lipinski definition) is 2. The molecule has 2 N–H and O–H groups in total. The first kappa shape index (κ1) is 11.2. The van der Waals surface area contributed by atoms with E-state index >= 15 is 0 Å². The first-order valence-corrected chi connectivity index (χ1v) is 5.20. The Labute approximate surface area is 86.3 Å². The van der Waals surface area contributed by atoms with Crippen molar-refractivity contribution >= 4 is 0 Å². The highest BCUT2D eigenvalue weighted by atomic mass is 15.1. The Balaban J connectivity index is 2.69. The Hall–Kier alpha value is -0.830. The van der Waals surface area contributed by atoms with Crippen LogP contribution in [-0.4, -0.2) is 15.6 Å². The van der Waals surface area contributed by atoms with Crippen molar-refractivity contribution < 1.29 is 0 Å². The number of imidazole rings is 1. The molecule has 1 aromatic heterocycles. The van der Waals surface area contributed by atoms with Gasteiger partial charge in [0.05, 0.1) is 0 Å². The molecule has 0 amide bonds. The van der Waals surface area contributed by atoms with Crippen LogP contribution >= 0.6 is 0 Å². The largest absolute Gasteiger partial charge is 0.333 e. The van der Waals surface area contributed by atoms with E-state index in [0.29, 0.717) is 0 Å². The van der Waals surface area contributed by atoms with Gasteiger partial charge in [0.1, 0.15) is 5.82 Å². The number of rotatable bonds is 3. The van der Waals surface area contributed by atoms with Crippen molar-refractivity contribution in [3.8, 4) is 0 Å². The Morgan fingerprint density at radius 1 is 1.50 bits per heavy atom. The van der Waals surface area contributed by atoms with Gasteiger partial charge in [-0.2, -0.15) is 0 Å². The molecule has 0 saturated carbocycles. The summed E-state index contributed by atoms with van der Waals surface area (Å²) in [6.07, 6.45) is 4.81. The minimum atomic E-state index is 0.148. The third-order valence-electron chi connectivity index (χ3n) is 2.62. The molecule has 0 aliphatic heterocycles. The number of aryl methyl sites for hydroxylation is 1. The van der Waals surface area contributed by atoms with Gasteiger partial charge in [-0.15, -0.1) is 0 Å². The summed E-state index contributed by atoms with van der Waals surface area (Å²) in [7, 11) is 0. The van der Waals surface area contributed by atoms with Crippen LogP contribution in [0.15, 0.2) is 12.4 Å². The summed E-state index contributed by atoms with van der Waals surface area (Å²) in [6, 6.07) is 0.169. The van der Waals surface area contributed by atoms with Crippen LogP contribution in [-0.2, 0) is 13.0 Å². The van der Waals surface area contributed by atoms with E-state index < -0.39 is 0 Å². The Bertz CT molecular complexity index is 283. The lowest BCUT2D eigenvalue weighted by Crippen LogP contribution is -2.39. The van der Waals surface area contributed by atoms with Crippen molar-refractivity contribution in [3.05, 3.63) is 18.2 Å². The maximum absolute atomic E-state index is 6.12. The monoisotopic (exact) mass is 195 g/mol. The lowest BCUT2D eigenvalue weighted by molar-refractivity contribution is 0.289. The van der Waals surface area contributed by atoms with Gasteiger partial charge in [-0.3, -0.25) is 0 Å². The lowest BCUT2D eigenvalue weighted by Gasteiger charge is -2.27. The smallest absolute Gasteiger partial charge is 0.108 e. The molecular weight excluding hydrogens is 174 g/mol. The van der Waals surface area contributed by atoms with Gasteiger partial charge in [-0.05, 0) is 5.41 Å². The van der Waals surface area contributed by atoms with Gasteiger partial charge in [0, 0.05) is 31.4 Å². The first-order valence-electron chi connectivity index (χ1n) is 5.20. The third-order valence-corrected chi connectivity index (χ3v) is 2.62. The number of nitrogens with zero attached hydrogens (tertiary/aromatic N) is 2. The summed E-state index contributed by atoms with van der Waals surface area (Å²) in [5, 5.41) is 0. The average molecular weight is 195 g/mol. The van der Waals surface area contributed by atoms with Gasteiger partial charge in [0.15, 0.2) is 0 Å². The fraction of sp³-hybridized carbons (Fsp3) is 0.727. The molecule has 0 aliphatic rings. The molecule has 1 rings (SSSR count). The molecule has 1 unspecified atom stereocenters. The Kier molecular flexibility index (Phi) is 3.32. The maximum atomic E-state index is 6.12. The molecular formula is C11H21N3. The normalized spacial score (nSPS) is 14.4. The predicted molar refractivity (Wildman–Crippen MR) is 59.0 cm³/mol. The second-order valence-electron chi connectivity index (χ2n) is 4.82. The van der Waals surface area contributed by atoms with Crippen molar-refractivity contribution in [2.45, 2.75) is 46.7 Å². The molecule has 1 atom stereocenters. The van der Waals surface area contributed by atoms with Crippen LogP contribution in [0.4, 0.5) is 0 Å². The SMILES string of the molecule is CCc1nccn1CC(N)C(C)(C)C. The van der Waals surface area contributed by atoms with Gasteiger partial charge in [0.2, 0.25) is 0 Å². The highest BCUT2D eigenvalue weighted by Crippen LogP contribution is 2.19. The molecule has 1 aromatic rings. The van der Waals surface area contributed by atoms with E-state index in [1.807, 2.05) is 12.4 Å². The van der Waals surface area contributed by atoms with Gasteiger partial charge >= 0.3 is 0 Å². The highest BCUT2D eigenvalue weighted by Gasteiger charge is 2.21. The molecule has 0 fully saturated rings. The van der Waals surface area contributed by atoms with E-state index in [1.54, 1.807) is 0 Å². The molecule has 3 heteroatoms. The van der Waals surface area contributed by atoms with E-state index in [0.717, 1.165) is 18.8 Å². The molecule has 0 aromatic carbocycles. The van der Waals surface area contributed by atoms with Crippen LogP contribution in [0, 0.1) is 5.41 Å². The van der Waals surface area contributed by atoms with Crippen molar-refractivity contribution in [2.75, 3.05) is 0 Å². The average Bonchev–Trinajstić information content (AvgIpc) is 2.50. The molecule has 80 valence electrons. The minimum Gasteiger partial charge on any atom is -0.333 e. The van der Waals surface area contributed by atoms with Gasteiger partial charge < -0.3 is 10.3 Å². The summed E-state index contributed by atoms with van der Waals surface area (Å²) in [4.78, 5) is 4.28. The third kappa shape index (κ3) is 2.58. The Morgan fingerprint density at radius 2 is 2.14 bits per heavy atom. The second-order valence-corrected chi connectivity index (χ2v) is 4.82. The number of aromatic nitrogens is 2. The van der Waals surface area contributed by atoms with E-state index in [2.05, 4.69) is 37.2 Å². The van der Waals surface area contributed by atoms with Crippen molar-refractivity contribution in [1.29, 1.82) is 0 Å². The van der Waals surface area contributed by atoms with Crippen LogP contribution in [0.5, 0.6) is 0 Å². The number of nitrogens with two attached hydrogens (primary N) is 1. The zero-order valence-corrected chi connectivity index (χ0v) is 9.62. The van der Waals surface area contributed by atoms with E-state index in [4.69, 9.17) is 5.73 Å². The molecule has 0 radical (unpaired) electrons. The fourth-order valence-corrected chi connectivity index (χ4v) is 1.31. The van der Waals surface area contributed by atoms with E-state index in [-0.39, 0.29) is 11.5 Å². The van der Waals surface area contributed by atoms with Crippen LogP contribution in [0.3, 0.4) is 0 Å². The van der Waals surface area contributed by atoms with Crippen LogP contribution in [0.25, 0.3) is 0 Å². The molecule has 14 heavy (non-hydrogen) atoms. The molecule has 1 heterocycles. The van der Waals surface area contributed by atoms with Crippen LogP contribution < -0.4 is 5.73 Å². The zero-order chi connectivity index (χ0) is 10.8. The van der Waals surface area contributed by atoms with Crippen molar-refractivity contribution in [2.24, 2.45) is 11.1 Å². The Morgan fingerprint density at radius 3 is 2.64 bits per heavy atom. The molecule has 0 bridgehead atoms. The summed E-state index contributed by atoms with van der Waals surface area (Å²) in [6.45, 7) is 9.47. The molecule has 0 spiro atoms. The second kappa shape index (κ2) is 4.13. The van der Waals surface area contributed by atoms with Crippen LogP contribution in [0.2, 0.25) is 0 Å². The van der Waals surface area contributed by atoms with Crippen LogP contribution in [0.1, 0.15) is 33.5 Å². The predicted octanol–water partition coefficient (Wildman–Crippen LogP) is 1.82. The lowest BCUT2D eigenvalue weighted by atomic mass is 9.87. The molecule has 0 saturated heterocycles. The van der Waals surface area contributed by atoms with Gasteiger partial charge in [0.25, 0.3) is 0 Å². The van der Waals surface area contributed by atoms with Crippen molar-refractivity contribution in [1.82, 2.24) is 9.55 Å². The topological polar surface area (TPSA) is 43.8 Å². The van der Waals surface area contributed by atoms with E-state index in [9.17, 15) is 0 Å². The number of hydrogen-bond donors (Lipinski definition) is 1. The summed E-state index contributed by atoms with van der Waals surface area (Å²) in [5.74, 6) is 1.12. The fourth-order valence-electron chi connectivity index (χ4n) is 1.31. The van der Waals surface area contributed by atoms with Crippen molar-refractivity contribution in [3.63, 3.8) is 0 Å². The minimum absolute atomic E-state index is 0.148. The molecule has 3 nitrogen and oxygen atoms in total. The zero-order valence-electron chi connectivity index (χ0n) is 9.62. The summed E-state index contributed by atoms with van der Waals surface area (Å²) < 4.78 is 2.15. The van der Waals surface area contributed by atoms with Gasteiger partial charge in [-0.25, -0.2) is 4.98 Å². The maximum Gasteiger partial charge on any atom is 0.108 e. The summed E-state index contributed by atoms with van der Waals surface area (Å²) >= 11 is 0. The van der Waals surface area contributed by atoms with Gasteiger partial charge in [-0.1, -0.05) is 27.7 Å². The first-order chi connectivity index (χ1) is 6.45. The van der Waals surface area contributed by atoms with E-state index in [1.165, 1.54) is 0 Å². The quantitative estimate of drug-likeness (QED) is 0.799. The summed E-state index contributed by atoms with van der Waals surface area (Å²) in [5.41, 5.74) is 6.27.